The highest BCUT2D eigenvalue weighted by Gasteiger charge is 2.25. The zero-order valence-electron chi connectivity index (χ0n) is 15.3. The summed E-state index contributed by atoms with van der Waals surface area (Å²) in [4.78, 5) is 31.9. The van der Waals surface area contributed by atoms with E-state index in [1.54, 1.807) is 16.8 Å². The first-order chi connectivity index (χ1) is 12.5. The van der Waals surface area contributed by atoms with Gasteiger partial charge in [-0.25, -0.2) is 4.98 Å². The molecular weight excluding hydrogens is 328 g/mol. The summed E-state index contributed by atoms with van der Waals surface area (Å²) in [5.41, 5.74) is 2.00. The monoisotopic (exact) mass is 352 g/mol. The number of likely N-dealkylation sites (tertiary alicyclic amines) is 1. The van der Waals surface area contributed by atoms with Crippen LogP contribution in [0.3, 0.4) is 0 Å². The Kier molecular flexibility index (Phi) is 4.26. The highest BCUT2D eigenvalue weighted by Crippen LogP contribution is 2.21. The van der Waals surface area contributed by atoms with E-state index in [1.165, 1.54) is 6.42 Å². The number of fused-ring (bicyclic) bond motifs is 3. The summed E-state index contributed by atoms with van der Waals surface area (Å²) in [6.45, 7) is 6.37. The quantitative estimate of drug-likeness (QED) is 0.728. The molecule has 0 N–H and O–H groups in total. The van der Waals surface area contributed by atoms with Crippen LogP contribution in [-0.2, 0) is 11.3 Å². The van der Waals surface area contributed by atoms with Gasteiger partial charge in [0.05, 0.1) is 5.52 Å². The lowest BCUT2D eigenvalue weighted by atomic mass is 9.92. The van der Waals surface area contributed by atoms with Crippen molar-refractivity contribution < 1.29 is 4.79 Å². The highest BCUT2D eigenvalue weighted by molar-refractivity contribution is 5.77. The summed E-state index contributed by atoms with van der Waals surface area (Å²) < 4.78 is 3.50. The second-order valence-electron chi connectivity index (χ2n) is 7.56. The molecular formula is C20H24N4O2. The molecule has 4 heterocycles. The molecule has 0 aliphatic carbocycles. The average Bonchev–Trinajstić information content (AvgIpc) is 3.11. The molecule has 26 heavy (non-hydrogen) atoms. The Morgan fingerprint density at radius 1 is 1.15 bits per heavy atom. The Bertz CT molecular complexity index is 1010. The molecule has 1 amide bonds. The van der Waals surface area contributed by atoms with E-state index >= 15 is 0 Å². The van der Waals surface area contributed by atoms with E-state index in [0.29, 0.717) is 36.0 Å². The molecule has 2 atom stereocenters. The van der Waals surface area contributed by atoms with Crippen molar-refractivity contribution >= 4 is 22.6 Å². The number of pyridine rings is 1. The SMILES string of the molecule is CC1CC(C)CN(C(=O)CCn2c(=O)c3cccn3c3cccnc32)C1. The second-order valence-corrected chi connectivity index (χ2v) is 7.56. The highest BCUT2D eigenvalue weighted by atomic mass is 16.2. The maximum Gasteiger partial charge on any atom is 0.276 e. The van der Waals surface area contributed by atoms with Crippen molar-refractivity contribution in [3.8, 4) is 0 Å². The van der Waals surface area contributed by atoms with Gasteiger partial charge < -0.3 is 9.30 Å². The summed E-state index contributed by atoms with van der Waals surface area (Å²) >= 11 is 0. The number of rotatable bonds is 3. The largest absolute Gasteiger partial charge is 0.342 e. The van der Waals surface area contributed by atoms with Gasteiger partial charge in [-0.3, -0.25) is 14.2 Å². The molecule has 3 aromatic rings. The smallest absolute Gasteiger partial charge is 0.276 e. The lowest BCUT2D eigenvalue weighted by Gasteiger charge is -2.35. The summed E-state index contributed by atoms with van der Waals surface area (Å²) in [7, 11) is 0. The van der Waals surface area contributed by atoms with Gasteiger partial charge in [0.25, 0.3) is 5.56 Å². The zero-order valence-corrected chi connectivity index (χ0v) is 15.3. The van der Waals surface area contributed by atoms with E-state index in [1.807, 2.05) is 33.7 Å². The van der Waals surface area contributed by atoms with Crippen LogP contribution >= 0.6 is 0 Å². The van der Waals surface area contributed by atoms with Crippen LogP contribution in [0.5, 0.6) is 0 Å². The van der Waals surface area contributed by atoms with Crippen LogP contribution in [-0.4, -0.2) is 37.8 Å². The van der Waals surface area contributed by atoms with Gasteiger partial charge in [-0.1, -0.05) is 13.8 Å². The topological polar surface area (TPSA) is 59.6 Å². The van der Waals surface area contributed by atoms with E-state index in [2.05, 4.69) is 18.8 Å². The maximum atomic E-state index is 12.9. The summed E-state index contributed by atoms with van der Waals surface area (Å²) in [5, 5.41) is 0. The standard InChI is InChI=1S/C20H24N4O2/c1-14-11-15(2)13-22(12-14)18(25)7-10-24-19-16(5-3-8-21-19)23-9-4-6-17(23)20(24)26/h3-6,8-9,14-15H,7,10-13H2,1-2H3. The molecule has 0 spiro atoms. The van der Waals surface area contributed by atoms with Crippen molar-refractivity contribution in [3.05, 3.63) is 47.0 Å². The van der Waals surface area contributed by atoms with Crippen LogP contribution in [0.25, 0.3) is 16.7 Å². The first kappa shape index (κ1) is 16.8. The van der Waals surface area contributed by atoms with E-state index in [-0.39, 0.29) is 11.5 Å². The summed E-state index contributed by atoms with van der Waals surface area (Å²) in [6.07, 6.45) is 5.04. The number of hydrogen-bond acceptors (Lipinski definition) is 3. The third-order valence-corrected chi connectivity index (χ3v) is 5.27. The van der Waals surface area contributed by atoms with Gasteiger partial charge in [0, 0.05) is 38.4 Å². The molecule has 0 aromatic carbocycles. The molecule has 6 nitrogen and oxygen atoms in total. The number of aromatic nitrogens is 3. The number of aryl methyl sites for hydroxylation is 1. The van der Waals surface area contributed by atoms with Crippen LogP contribution in [0.15, 0.2) is 41.5 Å². The predicted molar refractivity (Wildman–Crippen MR) is 101 cm³/mol. The predicted octanol–water partition coefficient (Wildman–Crippen LogP) is 2.54. The van der Waals surface area contributed by atoms with Gasteiger partial charge in [0.15, 0.2) is 5.65 Å². The average molecular weight is 352 g/mol. The van der Waals surface area contributed by atoms with Crippen molar-refractivity contribution in [2.45, 2.75) is 33.2 Å². The van der Waals surface area contributed by atoms with Crippen molar-refractivity contribution in [2.24, 2.45) is 11.8 Å². The molecule has 1 aliphatic rings. The van der Waals surface area contributed by atoms with Gasteiger partial charge in [0.1, 0.15) is 5.52 Å². The van der Waals surface area contributed by atoms with Gasteiger partial charge in [-0.15, -0.1) is 0 Å². The molecule has 1 fully saturated rings. The first-order valence-electron chi connectivity index (χ1n) is 9.27. The second kappa shape index (κ2) is 6.59. The van der Waals surface area contributed by atoms with Crippen molar-refractivity contribution in [2.75, 3.05) is 13.1 Å². The Morgan fingerprint density at radius 2 is 1.88 bits per heavy atom. The number of hydrogen-bond donors (Lipinski definition) is 0. The van der Waals surface area contributed by atoms with E-state index in [0.717, 1.165) is 18.6 Å². The van der Waals surface area contributed by atoms with E-state index in [9.17, 15) is 9.59 Å². The normalized spacial score (nSPS) is 20.8. The number of carbonyl (C=O) groups is 1. The summed E-state index contributed by atoms with van der Waals surface area (Å²) in [6, 6.07) is 7.47. The van der Waals surface area contributed by atoms with Crippen LogP contribution in [0.1, 0.15) is 26.7 Å². The number of amides is 1. The molecule has 1 aliphatic heterocycles. The molecule has 136 valence electrons. The van der Waals surface area contributed by atoms with Crippen LogP contribution in [0, 0.1) is 11.8 Å². The fourth-order valence-electron chi connectivity index (χ4n) is 4.22. The molecule has 6 heteroatoms. The van der Waals surface area contributed by atoms with E-state index < -0.39 is 0 Å². The first-order valence-corrected chi connectivity index (χ1v) is 9.27. The summed E-state index contributed by atoms with van der Waals surface area (Å²) in [5.74, 6) is 1.18. The Hall–Kier alpha value is -2.63. The van der Waals surface area contributed by atoms with Gasteiger partial charge in [-0.05, 0) is 42.5 Å². The maximum absolute atomic E-state index is 12.9. The molecule has 0 saturated carbocycles. The fourth-order valence-corrected chi connectivity index (χ4v) is 4.22. The van der Waals surface area contributed by atoms with Crippen molar-refractivity contribution in [1.82, 2.24) is 18.9 Å². The Balaban J connectivity index is 1.63. The number of carbonyl (C=O) groups excluding carboxylic acids is 1. The third-order valence-electron chi connectivity index (χ3n) is 5.27. The molecule has 1 saturated heterocycles. The minimum absolute atomic E-state index is 0.102. The Labute approximate surface area is 152 Å². The molecule has 0 radical (unpaired) electrons. The van der Waals surface area contributed by atoms with E-state index in [4.69, 9.17) is 0 Å². The van der Waals surface area contributed by atoms with Gasteiger partial charge >= 0.3 is 0 Å². The van der Waals surface area contributed by atoms with Gasteiger partial charge in [-0.2, -0.15) is 0 Å². The number of nitrogens with zero attached hydrogens (tertiary/aromatic N) is 4. The lowest BCUT2D eigenvalue weighted by Crippen LogP contribution is -2.43. The molecule has 4 rings (SSSR count). The van der Waals surface area contributed by atoms with Crippen LogP contribution in [0.4, 0.5) is 0 Å². The fraction of sp³-hybridized carbons (Fsp3) is 0.450. The molecule has 3 aromatic heterocycles. The molecule has 2 unspecified atom stereocenters. The Morgan fingerprint density at radius 3 is 2.65 bits per heavy atom. The van der Waals surface area contributed by atoms with Gasteiger partial charge in [0.2, 0.25) is 5.91 Å². The lowest BCUT2D eigenvalue weighted by molar-refractivity contribution is -0.134. The zero-order chi connectivity index (χ0) is 18.3. The number of piperidine rings is 1. The van der Waals surface area contributed by atoms with Crippen molar-refractivity contribution in [1.29, 1.82) is 0 Å². The van der Waals surface area contributed by atoms with Crippen LogP contribution < -0.4 is 5.56 Å². The minimum Gasteiger partial charge on any atom is -0.342 e. The third kappa shape index (κ3) is 2.89. The van der Waals surface area contributed by atoms with Crippen molar-refractivity contribution in [3.63, 3.8) is 0 Å². The minimum atomic E-state index is -0.102. The van der Waals surface area contributed by atoms with Crippen LogP contribution in [0.2, 0.25) is 0 Å². The molecule has 0 bridgehead atoms.